The number of aromatic nitrogens is 4. The molecule has 7 nitrogen and oxygen atoms in total. The molecule has 0 aliphatic rings. The van der Waals surface area contributed by atoms with Gasteiger partial charge in [-0.25, -0.2) is 4.98 Å². The number of ether oxygens (including phenoxy) is 1. The molecule has 0 bridgehead atoms. The topological polar surface area (TPSA) is 92.8 Å². The van der Waals surface area contributed by atoms with Crippen molar-refractivity contribution in [2.75, 3.05) is 7.11 Å². The van der Waals surface area contributed by atoms with E-state index in [1.54, 1.807) is 31.5 Å². The van der Waals surface area contributed by atoms with Crippen molar-refractivity contribution in [2.24, 2.45) is 0 Å². The number of carbonyl (C=O) groups is 1. The molecule has 0 saturated carbocycles. The molecule has 2 N–H and O–H groups in total. The van der Waals surface area contributed by atoms with Crippen molar-refractivity contribution in [1.82, 2.24) is 25.5 Å². The van der Waals surface area contributed by atoms with Crippen molar-refractivity contribution < 1.29 is 9.53 Å². The quantitative estimate of drug-likeness (QED) is 0.749. The zero-order valence-corrected chi connectivity index (χ0v) is 12.5. The normalized spacial score (nSPS) is 10.3. The number of methoxy groups -OCH3 is 1. The molecule has 0 atom stereocenters. The fraction of sp³-hybridized carbons (Fsp3) is 0.125. The second-order valence-electron chi connectivity index (χ2n) is 4.73. The summed E-state index contributed by atoms with van der Waals surface area (Å²) >= 11 is 0. The number of amides is 1. The summed E-state index contributed by atoms with van der Waals surface area (Å²) in [6.45, 7) is 0.249. The maximum atomic E-state index is 11.9. The van der Waals surface area contributed by atoms with Crippen molar-refractivity contribution in [3.63, 3.8) is 0 Å². The van der Waals surface area contributed by atoms with E-state index in [2.05, 4.69) is 25.5 Å². The standard InChI is InChI=1S/C16H15N5O2/c1-23-12-7-5-11(6-8-12)15-19-14(20-21-15)10-18-16(22)13-4-2-3-9-17-13/h2-9H,10H2,1H3,(H,18,22)(H,19,20,21). The number of carbonyl (C=O) groups excluding carboxylic acids is 1. The van der Waals surface area contributed by atoms with Crippen LogP contribution in [0.1, 0.15) is 16.3 Å². The second kappa shape index (κ2) is 6.69. The van der Waals surface area contributed by atoms with Gasteiger partial charge in [0.1, 0.15) is 17.3 Å². The van der Waals surface area contributed by atoms with Crippen LogP contribution in [0, 0.1) is 0 Å². The summed E-state index contributed by atoms with van der Waals surface area (Å²) < 4.78 is 5.12. The lowest BCUT2D eigenvalue weighted by atomic mass is 10.2. The monoisotopic (exact) mass is 309 g/mol. The number of nitrogens with zero attached hydrogens (tertiary/aromatic N) is 3. The molecular weight excluding hydrogens is 294 g/mol. The summed E-state index contributed by atoms with van der Waals surface area (Å²) in [5.74, 6) is 1.65. The van der Waals surface area contributed by atoms with Crippen LogP contribution in [-0.4, -0.2) is 33.2 Å². The van der Waals surface area contributed by atoms with Crippen molar-refractivity contribution >= 4 is 5.91 Å². The van der Waals surface area contributed by atoms with Gasteiger partial charge in [0.05, 0.1) is 13.7 Å². The van der Waals surface area contributed by atoms with Gasteiger partial charge < -0.3 is 10.1 Å². The van der Waals surface area contributed by atoms with E-state index in [1.807, 2.05) is 24.3 Å². The van der Waals surface area contributed by atoms with Crippen LogP contribution in [0.3, 0.4) is 0 Å². The first-order valence-corrected chi connectivity index (χ1v) is 7.01. The minimum absolute atomic E-state index is 0.249. The lowest BCUT2D eigenvalue weighted by Crippen LogP contribution is -2.24. The Balaban J connectivity index is 1.64. The van der Waals surface area contributed by atoms with Gasteiger partial charge in [-0.3, -0.25) is 14.9 Å². The molecule has 0 radical (unpaired) electrons. The third-order valence-corrected chi connectivity index (χ3v) is 3.19. The molecule has 3 aromatic rings. The zero-order chi connectivity index (χ0) is 16.1. The highest BCUT2D eigenvalue weighted by molar-refractivity contribution is 5.92. The van der Waals surface area contributed by atoms with Gasteiger partial charge in [0.2, 0.25) is 0 Å². The largest absolute Gasteiger partial charge is 0.497 e. The van der Waals surface area contributed by atoms with Crippen LogP contribution in [0.2, 0.25) is 0 Å². The Morgan fingerprint density at radius 2 is 2.04 bits per heavy atom. The molecule has 0 aliphatic carbocycles. The van der Waals surface area contributed by atoms with Gasteiger partial charge in [0, 0.05) is 11.8 Å². The summed E-state index contributed by atoms with van der Waals surface area (Å²) in [6.07, 6.45) is 1.57. The van der Waals surface area contributed by atoms with Crippen molar-refractivity contribution in [3.05, 3.63) is 60.2 Å². The van der Waals surface area contributed by atoms with E-state index in [4.69, 9.17) is 4.74 Å². The maximum absolute atomic E-state index is 11.9. The number of nitrogens with one attached hydrogen (secondary N) is 2. The zero-order valence-electron chi connectivity index (χ0n) is 12.5. The molecule has 1 aromatic carbocycles. The smallest absolute Gasteiger partial charge is 0.270 e. The van der Waals surface area contributed by atoms with Crippen LogP contribution in [0.25, 0.3) is 11.4 Å². The van der Waals surface area contributed by atoms with Gasteiger partial charge >= 0.3 is 0 Å². The van der Waals surface area contributed by atoms with Gasteiger partial charge in [0.25, 0.3) is 5.91 Å². The molecule has 0 saturated heterocycles. The Morgan fingerprint density at radius 3 is 2.74 bits per heavy atom. The van der Waals surface area contributed by atoms with Crippen LogP contribution >= 0.6 is 0 Å². The number of rotatable bonds is 5. The highest BCUT2D eigenvalue weighted by atomic mass is 16.5. The third-order valence-electron chi connectivity index (χ3n) is 3.19. The molecule has 3 rings (SSSR count). The molecule has 1 amide bonds. The van der Waals surface area contributed by atoms with Gasteiger partial charge in [0.15, 0.2) is 5.82 Å². The first-order chi connectivity index (χ1) is 11.3. The van der Waals surface area contributed by atoms with Crippen molar-refractivity contribution in [1.29, 1.82) is 0 Å². The lowest BCUT2D eigenvalue weighted by molar-refractivity contribution is 0.0945. The maximum Gasteiger partial charge on any atom is 0.270 e. The first kappa shape index (κ1) is 14.7. The summed E-state index contributed by atoms with van der Waals surface area (Å²) in [6, 6.07) is 12.6. The Morgan fingerprint density at radius 1 is 1.22 bits per heavy atom. The Bertz CT molecular complexity index is 784. The van der Waals surface area contributed by atoms with Gasteiger partial charge in [-0.2, -0.15) is 5.10 Å². The lowest BCUT2D eigenvalue weighted by Gasteiger charge is -2.01. The fourth-order valence-electron chi connectivity index (χ4n) is 2.00. The molecule has 0 unspecified atom stereocenters. The van der Waals surface area contributed by atoms with Crippen LogP contribution in [-0.2, 0) is 6.54 Å². The third kappa shape index (κ3) is 3.52. The molecule has 116 valence electrons. The molecule has 23 heavy (non-hydrogen) atoms. The minimum atomic E-state index is -0.256. The second-order valence-corrected chi connectivity index (χ2v) is 4.73. The highest BCUT2D eigenvalue weighted by Gasteiger charge is 2.09. The SMILES string of the molecule is COc1ccc(-c2n[nH]c(CNC(=O)c3ccccn3)n2)cc1. The average Bonchev–Trinajstić information content (AvgIpc) is 3.09. The molecule has 2 heterocycles. The summed E-state index contributed by atoms with van der Waals surface area (Å²) in [5, 5.41) is 9.70. The molecular formula is C16H15N5O2. The number of aromatic amines is 1. The molecule has 7 heteroatoms. The number of H-pyrrole nitrogens is 1. The average molecular weight is 309 g/mol. The predicted octanol–water partition coefficient (Wildman–Crippen LogP) is 1.81. The van der Waals surface area contributed by atoms with Crippen LogP contribution < -0.4 is 10.1 Å². The van der Waals surface area contributed by atoms with E-state index >= 15 is 0 Å². The van der Waals surface area contributed by atoms with Gasteiger partial charge in [-0.15, -0.1) is 0 Å². The first-order valence-electron chi connectivity index (χ1n) is 7.01. The van der Waals surface area contributed by atoms with Crippen molar-refractivity contribution in [3.8, 4) is 17.1 Å². The Hall–Kier alpha value is -3.22. The van der Waals surface area contributed by atoms with Crippen LogP contribution in [0.15, 0.2) is 48.7 Å². The predicted molar refractivity (Wildman–Crippen MR) is 83.8 cm³/mol. The minimum Gasteiger partial charge on any atom is -0.497 e. The van der Waals surface area contributed by atoms with E-state index in [-0.39, 0.29) is 12.5 Å². The highest BCUT2D eigenvalue weighted by Crippen LogP contribution is 2.18. The molecule has 0 fully saturated rings. The number of benzene rings is 1. The Kier molecular flexibility index (Phi) is 4.28. The van der Waals surface area contributed by atoms with E-state index in [0.29, 0.717) is 17.3 Å². The van der Waals surface area contributed by atoms with E-state index < -0.39 is 0 Å². The Labute approximate surface area is 132 Å². The number of hydrogen-bond acceptors (Lipinski definition) is 5. The molecule has 2 aromatic heterocycles. The molecule has 0 spiro atoms. The fourth-order valence-corrected chi connectivity index (χ4v) is 2.00. The summed E-state index contributed by atoms with van der Waals surface area (Å²) in [7, 11) is 1.62. The van der Waals surface area contributed by atoms with Crippen LogP contribution in [0.4, 0.5) is 0 Å². The molecule has 0 aliphatic heterocycles. The van der Waals surface area contributed by atoms with Gasteiger partial charge in [-0.05, 0) is 36.4 Å². The van der Waals surface area contributed by atoms with Gasteiger partial charge in [-0.1, -0.05) is 6.07 Å². The number of pyridine rings is 1. The van der Waals surface area contributed by atoms with Crippen molar-refractivity contribution in [2.45, 2.75) is 6.54 Å². The van der Waals surface area contributed by atoms with Crippen LogP contribution in [0.5, 0.6) is 5.75 Å². The summed E-state index contributed by atoms with van der Waals surface area (Å²) in [5.41, 5.74) is 1.23. The van der Waals surface area contributed by atoms with E-state index in [9.17, 15) is 4.79 Å². The van der Waals surface area contributed by atoms with E-state index in [0.717, 1.165) is 11.3 Å². The number of hydrogen-bond donors (Lipinski definition) is 2. The summed E-state index contributed by atoms with van der Waals surface area (Å²) in [4.78, 5) is 20.3. The van der Waals surface area contributed by atoms with E-state index in [1.165, 1.54) is 0 Å².